The number of hydrogen-bond acceptors (Lipinski definition) is 4. The highest BCUT2D eigenvalue weighted by atomic mass is 32.2. The quantitative estimate of drug-likeness (QED) is 0.649. The monoisotopic (exact) mass is 381 g/mol. The third-order valence-electron chi connectivity index (χ3n) is 4.57. The van der Waals surface area contributed by atoms with Gasteiger partial charge in [-0.2, -0.15) is 0 Å². The molecule has 0 aromatic heterocycles. The van der Waals surface area contributed by atoms with Crippen molar-refractivity contribution in [2.24, 2.45) is 0 Å². The van der Waals surface area contributed by atoms with E-state index in [0.717, 1.165) is 22.4 Å². The van der Waals surface area contributed by atoms with E-state index in [1.807, 2.05) is 32.0 Å². The van der Waals surface area contributed by atoms with Gasteiger partial charge < -0.3 is 9.64 Å². The lowest BCUT2D eigenvalue weighted by Crippen LogP contribution is -2.08. The van der Waals surface area contributed by atoms with Crippen molar-refractivity contribution in [3.05, 3.63) is 72.3 Å². The summed E-state index contributed by atoms with van der Waals surface area (Å²) >= 11 is 0. The maximum Gasteiger partial charge on any atom is 0.206 e. The highest BCUT2D eigenvalue weighted by molar-refractivity contribution is 7.91. The fourth-order valence-electron chi connectivity index (χ4n) is 2.96. The van der Waals surface area contributed by atoms with Crippen molar-refractivity contribution in [1.82, 2.24) is 0 Å². The summed E-state index contributed by atoms with van der Waals surface area (Å²) in [5.74, 6) is 0.627. The minimum absolute atomic E-state index is 0.255. The molecule has 0 atom stereocenters. The molecule has 0 aliphatic carbocycles. The van der Waals surface area contributed by atoms with Gasteiger partial charge in [-0.15, -0.1) is 0 Å². The van der Waals surface area contributed by atoms with E-state index >= 15 is 0 Å². The number of hydrogen-bond donors (Lipinski definition) is 0. The summed E-state index contributed by atoms with van der Waals surface area (Å²) < 4.78 is 30.9. The zero-order chi connectivity index (χ0) is 19.6. The van der Waals surface area contributed by atoms with Crippen molar-refractivity contribution in [2.45, 2.75) is 16.7 Å². The van der Waals surface area contributed by atoms with E-state index in [-0.39, 0.29) is 4.90 Å². The predicted octanol–water partition coefficient (Wildman–Crippen LogP) is 4.57. The molecule has 0 unspecified atom stereocenters. The van der Waals surface area contributed by atoms with Crippen LogP contribution >= 0.6 is 0 Å². The van der Waals surface area contributed by atoms with Crippen LogP contribution < -0.4 is 9.64 Å². The molecule has 0 N–H and O–H groups in total. The molecule has 3 aromatic rings. The lowest BCUT2D eigenvalue weighted by Gasteiger charge is -2.14. The molecule has 0 spiro atoms. The van der Waals surface area contributed by atoms with Gasteiger partial charge in [0, 0.05) is 19.8 Å². The minimum atomic E-state index is -3.57. The van der Waals surface area contributed by atoms with Crippen molar-refractivity contribution in [2.75, 3.05) is 26.1 Å². The first-order chi connectivity index (χ1) is 12.8. The van der Waals surface area contributed by atoms with Crippen LogP contribution in [0.5, 0.6) is 5.75 Å². The average Bonchev–Trinajstić information content (AvgIpc) is 2.68. The smallest absolute Gasteiger partial charge is 0.206 e. The van der Waals surface area contributed by atoms with E-state index in [1.165, 1.54) is 0 Å². The minimum Gasteiger partial charge on any atom is -0.497 e. The number of nitrogens with zero attached hydrogens (tertiary/aromatic N) is 1. The molecule has 140 valence electrons. The second-order valence-electron chi connectivity index (χ2n) is 6.60. The zero-order valence-corrected chi connectivity index (χ0v) is 16.7. The number of anilines is 1. The predicted molar refractivity (Wildman–Crippen MR) is 109 cm³/mol. The number of aryl methyl sites for hydroxylation is 1. The fourth-order valence-corrected chi connectivity index (χ4v) is 4.30. The Morgan fingerprint density at radius 2 is 1.41 bits per heavy atom. The van der Waals surface area contributed by atoms with Crippen molar-refractivity contribution >= 4 is 15.5 Å². The summed E-state index contributed by atoms with van der Waals surface area (Å²) in [6.45, 7) is 1.93. The molecule has 0 radical (unpaired) electrons. The highest BCUT2D eigenvalue weighted by Crippen LogP contribution is 2.30. The summed E-state index contributed by atoms with van der Waals surface area (Å²) in [5.41, 5.74) is 4.12. The Labute approximate surface area is 161 Å². The normalized spacial score (nSPS) is 11.3. The molecule has 0 saturated carbocycles. The van der Waals surface area contributed by atoms with E-state index in [4.69, 9.17) is 4.74 Å². The van der Waals surface area contributed by atoms with Crippen LogP contribution in [0.4, 0.5) is 5.69 Å². The standard InChI is InChI=1S/C22H23NO3S/c1-16-15-21(27(24,25)20-11-9-19(26-4)10-12-20)13-14-22(16)17-5-7-18(8-6-17)23(2)3/h5-15H,1-4H3. The molecular formula is C22H23NO3S. The van der Waals surface area contributed by atoms with Gasteiger partial charge in [0.2, 0.25) is 9.84 Å². The molecule has 5 heteroatoms. The Balaban J connectivity index is 1.95. The van der Waals surface area contributed by atoms with Gasteiger partial charge in [0.05, 0.1) is 16.9 Å². The van der Waals surface area contributed by atoms with Gasteiger partial charge in [0.15, 0.2) is 0 Å². The summed E-state index contributed by atoms with van der Waals surface area (Å²) in [4.78, 5) is 2.59. The van der Waals surface area contributed by atoms with Gasteiger partial charge in [-0.3, -0.25) is 0 Å². The molecule has 0 aliphatic heterocycles. The molecule has 0 fully saturated rings. The number of rotatable bonds is 5. The van der Waals surface area contributed by atoms with Gasteiger partial charge in [0.1, 0.15) is 5.75 Å². The van der Waals surface area contributed by atoms with Gasteiger partial charge in [0.25, 0.3) is 0 Å². The average molecular weight is 381 g/mol. The van der Waals surface area contributed by atoms with Crippen LogP contribution in [-0.4, -0.2) is 29.6 Å². The maximum absolute atomic E-state index is 12.9. The number of ether oxygens (including phenoxy) is 1. The van der Waals surface area contributed by atoms with E-state index < -0.39 is 9.84 Å². The molecule has 0 heterocycles. The van der Waals surface area contributed by atoms with Crippen LogP contribution in [0.15, 0.2) is 76.5 Å². The lowest BCUT2D eigenvalue weighted by molar-refractivity contribution is 0.414. The van der Waals surface area contributed by atoms with Crippen LogP contribution in [0.3, 0.4) is 0 Å². The van der Waals surface area contributed by atoms with Crippen molar-refractivity contribution < 1.29 is 13.2 Å². The summed E-state index contributed by atoms with van der Waals surface area (Å²) in [7, 11) is 1.98. The van der Waals surface area contributed by atoms with Crippen molar-refractivity contribution in [1.29, 1.82) is 0 Å². The second kappa shape index (κ2) is 7.45. The Bertz CT molecular complexity index is 1040. The van der Waals surface area contributed by atoms with Crippen LogP contribution in [0, 0.1) is 6.92 Å². The number of sulfone groups is 1. The topological polar surface area (TPSA) is 46.6 Å². The Morgan fingerprint density at radius 1 is 0.815 bits per heavy atom. The van der Waals surface area contributed by atoms with E-state index in [1.54, 1.807) is 43.5 Å². The lowest BCUT2D eigenvalue weighted by atomic mass is 10.0. The second-order valence-corrected chi connectivity index (χ2v) is 8.55. The molecule has 3 aromatic carbocycles. The number of benzene rings is 3. The molecule has 0 bridgehead atoms. The zero-order valence-electron chi connectivity index (χ0n) is 15.9. The first kappa shape index (κ1) is 19.0. The van der Waals surface area contributed by atoms with Crippen molar-refractivity contribution in [3.8, 4) is 16.9 Å². The SMILES string of the molecule is COc1ccc(S(=O)(=O)c2ccc(-c3ccc(N(C)C)cc3)c(C)c2)cc1. The van der Waals surface area contributed by atoms with Crippen LogP contribution in [-0.2, 0) is 9.84 Å². The van der Waals surface area contributed by atoms with Gasteiger partial charge in [-0.05, 0) is 72.1 Å². The first-order valence-corrected chi connectivity index (χ1v) is 10.1. The van der Waals surface area contributed by atoms with Crippen LogP contribution in [0.2, 0.25) is 0 Å². The molecule has 27 heavy (non-hydrogen) atoms. The van der Waals surface area contributed by atoms with Gasteiger partial charge >= 0.3 is 0 Å². The highest BCUT2D eigenvalue weighted by Gasteiger charge is 2.18. The third kappa shape index (κ3) is 3.83. The molecule has 0 saturated heterocycles. The van der Waals surface area contributed by atoms with E-state index in [0.29, 0.717) is 10.6 Å². The van der Waals surface area contributed by atoms with E-state index in [9.17, 15) is 8.42 Å². The van der Waals surface area contributed by atoms with Gasteiger partial charge in [-0.1, -0.05) is 18.2 Å². The molecule has 4 nitrogen and oxygen atoms in total. The maximum atomic E-state index is 12.9. The molecule has 3 rings (SSSR count). The Hall–Kier alpha value is -2.79. The number of methoxy groups -OCH3 is 1. The Kier molecular flexibility index (Phi) is 5.24. The van der Waals surface area contributed by atoms with Crippen molar-refractivity contribution in [3.63, 3.8) is 0 Å². The largest absolute Gasteiger partial charge is 0.497 e. The molecular weight excluding hydrogens is 358 g/mol. The summed E-state index contributed by atoms with van der Waals surface area (Å²) in [5, 5.41) is 0. The fraction of sp³-hybridized carbons (Fsp3) is 0.182. The summed E-state index contributed by atoms with van der Waals surface area (Å²) in [6, 6.07) is 19.9. The molecule has 0 amide bonds. The summed E-state index contributed by atoms with van der Waals surface area (Å²) in [6.07, 6.45) is 0. The Morgan fingerprint density at radius 3 is 1.93 bits per heavy atom. The first-order valence-electron chi connectivity index (χ1n) is 8.60. The van der Waals surface area contributed by atoms with Gasteiger partial charge in [-0.25, -0.2) is 8.42 Å². The van der Waals surface area contributed by atoms with Crippen LogP contribution in [0.1, 0.15) is 5.56 Å². The third-order valence-corrected chi connectivity index (χ3v) is 6.34. The molecule has 0 aliphatic rings. The van der Waals surface area contributed by atoms with Crippen LogP contribution in [0.25, 0.3) is 11.1 Å². The van der Waals surface area contributed by atoms with E-state index in [2.05, 4.69) is 24.3 Å².